The molecule has 1 aromatic carbocycles. The smallest absolute Gasteiger partial charge is 0.273 e. The second-order valence-corrected chi connectivity index (χ2v) is 11.2. The lowest BCUT2D eigenvalue weighted by molar-refractivity contribution is -0.133. The average Bonchev–Trinajstić information content (AvgIpc) is 3.34. The number of carbonyl (C=O) groups is 2. The van der Waals surface area contributed by atoms with Crippen molar-refractivity contribution in [2.45, 2.75) is 45.1 Å². The number of benzene rings is 1. The van der Waals surface area contributed by atoms with Crippen LogP contribution in [0.25, 0.3) is 10.6 Å². The molecular weight excluding hydrogens is 438 g/mol. The Labute approximate surface area is 184 Å². The highest BCUT2D eigenvalue weighted by Crippen LogP contribution is 2.28. The maximum absolute atomic E-state index is 12.7. The van der Waals surface area contributed by atoms with Crippen molar-refractivity contribution in [2.75, 3.05) is 16.8 Å². The minimum Gasteiger partial charge on any atom is -0.295 e. The van der Waals surface area contributed by atoms with E-state index in [-0.39, 0.29) is 36.0 Å². The van der Waals surface area contributed by atoms with Crippen molar-refractivity contribution in [3.8, 4) is 10.6 Å². The average molecular weight is 462 g/mol. The van der Waals surface area contributed by atoms with E-state index in [1.54, 1.807) is 0 Å². The zero-order chi connectivity index (χ0) is 22.2. The highest BCUT2D eigenvalue weighted by molar-refractivity contribution is 7.91. The van der Waals surface area contributed by atoms with E-state index in [1.165, 1.54) is 21.9 Å². The largest absolute Gasteiger partial charge is 0.295 e. The molecule has 2 aromatic rings. The number of hydrazone groups is 1. The van der Waals surface area contributed by atoms with Gasteiger partial charge in [-0.1, -0.05) is 49.4 Å². The maximum atomic E-state index is 12.7. The number of anilines is 1. The van der Waals surface area contributed by atoms with Crippen molar-refractivity contribution in [3.05, 3.63) is 29.8 Å². The molecule has 0 aliphatic carbocycles. The number of hydrogen-bond acceptors (Lipinski definition) is 8. The third-order valence-electron chi connectivity index (χ3n) is 5.35. The van der Waals surface area contributed by atoms with Crippen LogP contribution in [0.1, 0.15) is 44.6 Å². The van der Waals surface area contributed by atoms with Gasteiger partial charge in [0.2, 0.25) is 11.0 Å². The number of amides is 2. The molecule has 4 rings (SSSR count). The molecule has 3 heterocycles. The summed E-state index contributed by atoms with van der Waals surface area (Å²) in [5, 5.41) is 17.2. The van der Waals surface area contributed by atoms with E-state index in [1.807, 2.05) is 24.3 Å². The second kappa shape index (κ2) is 8.46. The molecule has 164 valence electrons. The first kappa shape index (κ1) is 21.6. The molecule has 0 unspecified atom stereocenters. The van der Waals surface area contributed by atoms with Gasteiger partial charge in [0.1, 0.15) is 10.7 Å². The quantitative estimate of drug-likeness (QED) is 0.730. The van der Waals surface area contributed by atoms with Gasteiger partial charge in [-0.3, -0.25) is 14.9 Å². The Morgan fingerprint density at radius 3 is 2.58 bits per heavy atom. The summed E-state index contributed by atoms with van der Waals surface area (Å²) in [6, 6.07) is 7.54. The third kappa shape index (κ3) is 4.82. The van der Waals surface area contributed by atoms with Crippen LogP contribution < -0.4 is 5.32 Å². The van der Waals surface area contributed by atoms with E-state index < -0.39 is 21.8 Å². The summed E-state index contributed by atoms with van der Waals surface area (Å²) in [6.07, 6.45) is 0.650. The van der Waals surface area contributed by atoms with Crippen LogP contribution in [0.3, 0.4) is 0 Å². The molecule has 2 amide bonds. The van der Waals surface area contributed by atoms with Crippen molar-refractivity contribution < 1.29 is 18.0 Å². The SMILES string of the molecule is CC(C)c1ccc(-c2nnc(NC(=O)C3=NN([C@@H]4CCS(=O)(=O)C4)C(=O)CC3)s2)cc1. The Morgan fingerprint density at radius 2 is 1.94 bits per heavy atom. The predicted octanol–water partition coefficient (Wildman–Crippen LogP) is 2.43. The van der Waals surface area contributed by atoms with Crippen LogP contribution in [0.4, 0.5) is 5.13 Å². The molecule has 0 saturated carbocycles. The van der Waals surface area contributed by atoms with E-state index in [0.29, 0.717) is 22.5 Å². The molecule has 1 saturated heterocycles. The fourth-order valence-electron chi connectivity index (χ4n) is 3.56. The van der Waals surface area contributed by atoms with Crippen LogP contribution in [0.5, 0.6) is 0 Å². The lowest BCUT2D eigenvalue weighted by atomic mass is 10.0. The molecule has 11 heteroatoms. The van der Waals surface area contributed by atoms with Gasteiger partial charge in [0, 0.05) is 18.4 Å². The van der Waals surface area contributed by atoms with E-state index in [9.17, 15) is 18.0 Å². The van der Waals surface area contributed by atoms with Gasteiger partial charge in [-0.2, -0.15) is 5.10 Å². The Kier molecular flexibility index (Phi) is 5.89. The minimum atomic E-state index is -3.17. The first-order valence-electron chi connectivity index (χ1n) is 10.1. The molecule has 1 atom stereocenters. The van der Waals surface area contributed by atoms with Crippen LogP contribution in [-0.4, -0.2) is 58.7 Å². The molecule has 2 aliphatic rings. The zero-order valence-corrected chi connectivity index (χ0v) is 18.9. The summed E-state index contributed by atoms with van der Waals surface area (Å²) in [4.78, 5) is 24.9. The van der Waals surface area contributed by atoms with Crippen LogP contribution in [-0.2, 0) is 19.4 Å². The van der Waals surface area contributed by atoms with Crippen LogP contribution in [0.2, 0.25) is 0 Å². The van der Waals surface area contributed by atoms with Crippen molar-refractivity contribution in [1.82, 2.24) is 15.2 Å². The Hall–Kier alpha value is -2.66. The highest BCUT2D eigenvalue weighted by Gasteiger charge is 2.37. The maximum Gasteiger partial charge on any atom is 0.273 e. The molecular formula is C20H23N5O4S2. The van der Waals surface area contributed by atoms with Gasteiger partial charge in [-0.05, 0) is 17.9 Å². The van der Waals surface area contributed by atoms with E-state index >= 15 is 0 Å². The molecule has 9 nitrogen and oxygen atoms in total. The molecule has 0 bridgehead atoms. The summed E-state index contributed by atoms with van der Waals surface area (Å²) >= 11 is 1.25. The molecule has 0 radical (unpaired) electrons. The van der Waals surface area contributed by atoms with E-state index in [2.05, 4.69) is 34.5 Å². The van der Waals surface area contributed by atoms with Crippen LogP contribution in [0, 0.1) is 0 Å². The topological polar surface area (TPSA) is 122 Å². The van der Waals surface area contributed by atoms with Crippen molar-refractivity contribution in [2.24, 2.45) is 5.10 Å². The normalized spacial score (nSPS) is 20.7. The Bertz CT molecular complexity index is 1140. The summed E-state index contributed by atoms with van der Waals surface area (Å²) < 4.78 is 23.5. The van der Waals surface area contributed by atoms with Crippen LogP contribution >= 0.6 is 11.3 Å². The van der Waals surface area contributed by atoms with Crippen molar-refractivity contribution in [3.63, 3.8) is 0 Å². The molecule has 31 heavy (non-hydrogen) atoms. The van der Waals surface area contributed by atoms with Gasteiger partial charge >= 0.3 is 0 Å². The van der Waals surface area contributed by atoms with Gasteiger partial charge < -0.3 is 0 Å². The van der Waals surface area contributed by atoms with Gasteiger partial charge in [-0.25, -0.2) is 13.4 Å². The first-order valence-corrected chi connectivity index (χ1v) is 12.7. The van der Waals surface area contributed by atoms with Gasteiger partial charge in [0.05, 0.1) is 17.5 Å². The molecule has 1 N–H and O–H groups in total. The number of sulfone groups is 1. The minimum absolute atomic E-state index is 0.0320. The summed E-state index contributed by atoms with van der Waals surface area (Å²) in [5.74, 6) is -0.375. The Morgan fingerprint density at radius 1 is 1.19 bits per heavy atom. The molecule has 1 fully saturated rings. The fraction of sp³-hybridized carbons (Fsp3) is 0.450. The summed E-state index contributed by atoms with van der Waals surface area (Å²) in [7, 11) is -3.17. The standard InChI is InChI=1S/C20H23N5O4S2/c1-12(2)13-3-5-14(6-4-13)19-22-23-20(30-19)21-18(27)16-7-8-17(26)25(24-16)15-9-10-31(28,29)11-15/h3-6,12,15H,7-11H2,1-2H3,(H,21,23,27)/t15-/m1/s1. The number of carbonyl (C=O) groups excluding carboxylic acids is 2. The van der Waals surface area contributed by atoms with Crippen LogP contribution in [0.15, 0.2) is 29.4 Å². The summed E-state index contributed by atoms with van der Waals surface area (Å²) in [5.41, 5.74) is 2.32. The first-order chi connectivity index (χ1) is 14.7. The second-order valence-electron chi connectivity index (χ2n) is 7.99. The summed E-state index contributed by atoms with van der Waals surface area (Å²) in [6.45, 7) is 4.25. The molecule has 1 aromatic heterocycles. The molecule has 2 aliphatic heterocycles. The zero-order valence-electron chi connectivity index (χ0n) is 17.2. The van der Waals surface area contributed by atoms with Crippen molar-refractivity contribution >= 4 is 43.8 Å². The number of rotatable bonds is 5. The Balaban J connectivity index is 1.45. The lowest BCUT2D eigenvalue weighted by Crippen LogP contribution is -2.42. The lowest BCUT2D eigenvalue weighted by Gasteiger charge is -2.27. The van der Waals surface area contributed by atoms with Gasteiger partial charge in [0.15, 0.2) is 9.84 Å². The van der Waals surface area contributed by atoms with E-state index in [4.69, 9.17) is 0 Å². The van der Waals surface area contributed by atoms with Gasteiger partial charge in [0.25, 0.3) is 5.91 Å². The fourth-order valence-corrected chi connectivity index (χ4v) is 5.99. The predicted molar refractivity (Wildman–Crippen MR) is 119 cm³/mol. The highest BCUT2D eigenvalue weighted by atomic mass is 32.2. The number of aromatic nitrogens is 2. The van der Waals surface area contributed by atoms with Gasteiger partial charge in [-0.15, -0.1) is 10.2 Å². The number of hydrogen-bond donors (Lipinski definition) is 1. The third-order valence-corrected chi connectivity index (χ3v) is 7.98. The molecule has 0 spiro atoms. The van der Waals surface area contributed by atoms with Crippen molar-refractivity contribution in [1.29, 1.82) is 0 Å². The monoisotopic (exact) mass is 461 g/mol. The number of nitrogens with one attached hydrogen (secondary N) is 1. The number of nitrogens with zero attached hydrogens (tertiary/aromatic N) is 4. The van der Waals surface area contributed by atoms with E-state index in [0.717, 1.165) is 5.56 Å².